The molecule has 7 heteroatoms. The molecule has 0 aliphatic rings. The van der Waals surface area contributed by atoms with E-state index >= 15 is 0 Å². The minimum atomic E-state index is -0.177. The van der Waals surface area contributed by atoms with E-state index in [0.717, 1.165) is 31.7 Å². The van der Waals surface area contributed by atoms with Gasteiger partial charge in [-0.25, -0.2) is 4.98 Å². The molecule has 25 heavy (non-hydrogen) atoms. The monoisotopic (exact) mass is 340 g/mol. The van der Waals surface area contributed by atoms with Crippen LogP contribution in [0.15, 0.2) is 41.5 Å². The molecule has 0 atom stereocenters. The number of aromatic nitrogens is 4. The molecule has 0 bridgehead atoms. The quantitative estimate of drug-likeness (QED) is 0.655. The molecule has 0 radical (unpaired) electrons. The van der Waals surface area contributed by atoms with Gasteiger partial charge in [0.15, 0.2) is 11.2 Å². The lowest BCUT2D eigenvalue weighted by molar-refractivity contribution is 0.316. The van der Waals surface area contributed by atoms with Gasteiger partial charge in [0, 0.05) is 19.6 Å². The van der Waals surface area contributed by atoms with Crippen LogP contribution in [0.1, 0.15) is 19.4 Å². The van der Waals surface area contributed by atoms with Crippen LogP contribution in [-0.4, -0.2) is 50.6 Å². The van der Waals surface area contributed by atoms with Crippen LogP contribution in [-0.2, 0) is 6.54 Å². The highest BCUT2D eigenvalue weighted by Gasteiger charge is 2.11. The zero-order valence-corrected chi connectivity index (χ0v) is 14.7. The largest absolute Gasteiger partial charge is 0.354 e. The van der Waals surface area contributed by atoms with Gasteiger partial charge in [-0.05, 0) is 18.7 Å². The fourth-order valence-electron chi connectivity index (χ4n) is 2.84. The summed E-state index contributed by atoms with van der Waals surface area (Å²) in [5, 5.41) is 3.18. The summed E-state index contributed by atoms with van der Waals surface area (Å²) in [6, 6.07) is 9.98. The third-order valence-corrected chi connectivity index (χ3v) is 4.29. The molecule has 0 fully saturated rings. The Kier molecular flexibility index (Phi) is 5.45. The topological polar surface area (TPSA) is 78.8 Å². The summed E-state index contributed by atoms with van der Waals surface area (Å²) in [4.78, 5) is 26.3. The van der Waals surface area contributed by atoms with E-state index in [0.29, 0.717) is 23.7 Å². The first-order valence-electron chi connectivity index (χ1n) is 8.66. The van der Waals surface area contributed by atoms with Crippen molar-refractivity contribution in [2.75, 3.05) is 31.5 Å². The predicted octanol–water partition coefficient (Wildman–Crippen LogP) is 1.92. The van der Waals surface area contributed by atoms with Gasteiger partial charge in [0.25, 0.3) is 5.56 Å². The maximum atomic E-state index is 12.5. The minimum Gasteiger partial charge on any atom is -0.354 e. The Morgan fingerprint density at radius 2 is 1.96 bits per heavy atom. The summed E-state index contributed by atoms with van der Waals surface area (Å²) in [6.07, 6.45) is 1.67. The molecule has 0 saturated carbocycles. The van der Waals surface area contributed by atoms with Crippen molar-refractivity contribution in [1.29, 1.82) is 0 Å². The number of rotatable bonds is 8. The maximum absolute atomic E-state index is 12.5. The first-order chi connectivity index (χ1) is 12.2. The predicted molar refractivity (Wildman–Crippen MR) is 100.0 cm³/mol. The highest BCUT2D eigenvalue weighted by molar-refractivity contribution is 5.71. The molecule has 1 aromatic carbocycles. The van der Waals surface area contributed by atoms with Crippen LogP contribution in [0.4, 0.5) is 5.95 Å². The standard InChI is InChI=1S/C18H24N6O/c1-3-23(4-2)11-10-19-18-21-16-15(17(25)22-18)24(13-20-16)12-14-8-6-5-7-9-14/h5-9,13H,3-4,10-12H2,1-2H3,(H2,19,21,22,25). The molecule has 7 nitrogen and oxygen atoms in total. The Labute approximate surface area is 146 Å². The van der Waals surface area contributed by atoms with Crippen molar-refractivity contribution in [2.45, 2.75) is 20.4 Å². The Morgan fingerprint density at radius 1 is 1.20 bits per heavy atom. The summed E-state index contributed by atoms with van der Waals surface area (Å²) >= 11 is 0. The third kappa shape index (κ3) is 4.06. The Bertz CT molecular complexity index is 866. The number of anilines is 1. The van der Waals surface area contributed by atoms with Crippen molar-refractivity contribution in [1.82, 2.24) is 24.4 Å². The van der Waals surface area contributed by atoms with Crippen LogP contribution in [0.3, 0.4) is 0 Å². The summed E-state index contributed by atoms with van der Waals surface area (Å²) in [5.74, 6) is 0.467. The lowest BCUT2D eigenvalue weighted by atomic mass is 10.2. The number of imidazole rings is 1. The van der Waals surface area contributed by atoms with Gasteiger partial charge in [0.05, 0.1) is 6.33 Å². The molecule has 0 saturated heterocycles. The van der Waals surface area contributed by atoms with Gasteiger partial charge in [0.1, 0.15) is 0 Å². The molecule has 3 aromatic rings. The fraction of sp³-hybridized carbons (Fsp3) is 0.389. The van der Waals surface area contributed by atoms with Gasteiger partial charge >= 0.3 is 0 Å². The third-order valence-electron chi connectivity index (χ3n) is 4.29. The molecule has 0 amide bonds. The van der Waals surface area contributed by atoms with Crippen LogP contribution in [0.5, 0.6) is 0 Å². The first-order valence-corrected chi connectivity index (χ1v) is 8.66. The molecule has 2 N–H and O–H groups in total. The fourth-order valence-corrected chi connectivity index (χ4v) is 2.84. The molecule has 0 spiro atoms. The molecule has 0 aliphatic heterocycles. The van der Waals surface area contributed by atoms with E-state index < -0.39 is 0 Å². The molecule has 3 rings (SSSR count). The molecule has 132 valence electrons. The van der Waals surface area contributed by atoms with Crippen LogP contribution in [0.25, 0.3) is 11.2 Å². The highest BCUT2D eigenvalue weighted by atomic mass is 16.1. The average Bonchev–Trinajstić information content (AvgIpc) is 3.03. The minimum absolute atomic E-state index is 0.177. The van der Waals surface area contributed by atoms with Gasteiger partial charge in [-0.15, -0.1) is 0 Å². The van der Waals surface area contributed by atoms with Crippen LogP contribution in [0, 0.1) is 0 Å². The number of hydrogen-bond donors (Lipinski definition) is 2. The zero-order chi connectivity index (χ0) is 17.6. The molecule has 0 unspecified atom stereocenters. The van der Waals surface area contributed by atoms with Crippen molar-refractivity contribution < 1.29 is 0 Å². The first kappa shape index (κ1) is 17.2. The van der Waals surface area contributed by atoms with Crippen molar-refractivity contribution in [3.63, 3.8) is 0 Å². The van der Waals surface area contributed by atoms with E-state index in [1.54, 1.807) is 6.33 Å². The summed E-state index contributed by atoms with van der Waals surface area (Å²) in [5.41, 5.74) is 1.90. The maximum Gasteiger partial charge on any atom is 0.278 e. The van der Waals surface area contributed by atoms with Crippen LogP contribution < -0.4 is 10.9 Å². The number of nitrogens with zero attached hydrogens (tertiary/aromatic N) is 4. The van der Waals surface area contributed by atoms with Crippen molar-refractivity contribution in [2.24, 2.45) is 0 Å². The van der Waals surface area contributed by atoms with E-state index in [-0.39, 0.29) is 5.56 Å². The molecular weight excluding hydrogens is 316 g/mol. The van der Waals surface area contributed by atoms with E-state index in [1.165, 1.54) is 0 Å². The van der Waals surface area contributed by atoms with Gasteiger partial charge < -0.3 is 14.8 Å². The normalized spacial score (nSPS) is 11.3. The van der Waals surface area contributed by atoms with Crippen LogP contribution in [0.2, 0.25) is 0 Å². The lowest BCUT2D eigenvalue weighted by Crippen LogP contribution is -2.29. The Hall–Kier alpha value is -2.67. The van der Waals surface area contributed by atoms with E-state index in [4.69, 9.17) is 0 Å². The highest BCUT2D eigenvalue weighted by Crippen LogP contribution is 2.10. The van der Waals surface area contributed by atoms with E-state index in [1.807, 2.05) is 34.9 Å². The summed E-state index contributed by atoms with van der Waals surface area (Å²) in [7, 11) is 0. The number of fused-ring (bicyclic) bond motifs is 1. The second kappa shape index (κ2) is 7.94. The number of hydrogen-bond acceptors (Lipinski definition) is 5. The smallest absolute Gasteiger partial charge is 0.278 e. The summed E-state index contributed by atoms with van der Waals surface area (Å²) < 4.78 is 1.83. The SMILES string of the molecule is CCN(CC)CCNc1nc2ncn(Cc3ccccc3)c2c(=O)[nH]1. The number of likely N-dealkylation sites (N-methyl/N-ethyl adjacent to an activating group) is 1. The molecule has 2 aromatic heterocycles. The number of H-pyrrole nitrogens is 1. The molecular formula is C18H24N6O. The van der Waals surface area contributed by atoms with Crippen molar-refractivity contribution >= 4 is 17.1 Å². The van der Waals surface area contributed by atoms with Gasteiger partial charge in [-0.3, -0.25) is 9.78 Å². The van der Waals surface area contributed by atoms with Gasteiger partial charge in [-0.2, -0.15) is 4.98 Å². The van der Waals surface area contributed by atoms with Gasteiger partial charge in [-0.1, -0.05) is 44.2 Å². The molecule has 0 aliphatic carbocycles. The molecule has 2 heterocycles. The Morgan fingerprint density at radius 3 is 2.68 bits per heavy atom. The van der Waals surface area contributed by atoms with Crippen LogP contribution >= 0.6 is 0 Å². The number of aromatic amines is 1. The van der Waals surface area contributed by atoms with E-state index in [2.05, 4.69) is 39.0 Å². The second-order valence-electron chi connectivity index (χ2n) is 5.90. The lowest BCUT2D eigenvalue weighted by Gasteiger charge is -2.17. The second-order valence-corrected chi connectivity index (χ2v) is 5.90. The van der Waals surface area contributed by atoms with Crippen molar-refractivity contribution in [3.05, 3.63) is 52.6 Å². The zero-order valence-electron chi connectivity index (χ0n) is 14.7. The van der Waals surface area contributed by atoms with Crippen molar-refractivity contribution in [3.8, 4) is 0 Å². The van der Waals surface area contributed by atoms with E-state index in [9.17, 15) is 4.79 Å². The van der Waals surface area contributed by atoms with Gasteiger partial charge in [0.2, 0.25) is 5.95 Å². The number of nitrogens with one attached hydrogen (secondary N) is 2. The average molecular weight is 340 g/mol. The number of benzene rings is 1. The Balaban J connectivity index is 1.76. The summed E-state index contributed by atoms with van der Waals surface area (Å²) in [6.45, 7) is 8.50.